The predicted octanol–water partition coefficient (Wildman–Crippen LogP) is 12.4. The zero-order chi connectivity index (χ0) is 30.4. The van der Waals surface area contributed by atoms with Crippen LogP contribution in [0.3, 0.4) is 0 Å². The van der Waals surface area contributed by atoms with Crippen LogP contribution in [0.25, 0.3) is 0 Å². The highest BCUT2D eigenvalue weighted by molar-refractivity contribution is 9.08. The fraction of sp³-hybridized carbons (Fsp3) is 0.500. The van der Waals surface area contributed by atoms with Gasteiger partial charge in [0.2, 0.25) is 0 Å². The van der Waals surface area contributed by atoms with Gasteiger partial charge in [0, 0.05) is 21.8 Å². The first-order valence-corrected chi connectivity index (χ1v) is 18.2. The first kappa shape index (κ1) is 35.1. The van der Waals surface area contributed by atoms with Crippen LogP contribution < -0.4 is 14.2 Å². The number of hydrogen-bond acceptors (Lipinski definition) is 5. The van der Waals surface area contributed by atoms with E-state index in [1.54, 1.807) is 0 Å². The molecule has 43 heavy (non-hydrogen) atoms. The lowest BCUT2D eigenvalue weighted by atomic mass is 10.1. The largest absolute Gasteiger partial charge is 0.494 e. The molecule has 0 amide bonds. The number of halogens is 2. The highest BCUT2D eigenvalue weighted by Crippen LogP contribution is 2.32. The Kier molecular flexibility index (Phi) is 18.1. The van der Waals surface area contributed by atoms with E-state index >= 15 is 0 Å². The second-order valence-corrected chi connectivity index (χ2v) is 11.9. The molecule has 3 aromatic carbocycles. The SMILES string of the molecule is CCCCCCOc1cc(CBr)c(OCCCCCCCCCCOc2ccc(N=Nc3ccccc3)cc2)cc1CBr. The molecule has 0 radical (unpaired) electrons. The number of rotatable bonds is 23. The first-order valence-electron chi connectivity index (χ1n) is 16.0. The van der Waals surface area contributed by atoms with Gasteiger partial charge in [0.05, 0.1) is 31.2 Å². The van der Waals surface area contributed by atoms with Gasteiger partial charge in [0.1, 0.15) is 17.2 Å². The fourth-order valence-electron chi connectivity index (χ4n) is 4.69. The van der Waals surface area contributed by atoms with Crippen molar-refractivity contribution >= 4 is 43.2 Å². The van der Waals surface area contributed by atoms with Gasteiger partial charge < -0.3 is 14.2 Å². The Bertz CT molecular complexity index is 1170. The Morgan fingerprint density at radius 2 is 0.953 bits per heavy atom. The summed E-state index contributed by atoms with van der Waals surface area (Å²) in [5.41, 5.74) is 3.98. The Morgan fingerprint density at radius 1 is 0.512 bits per heavy atom. The van der Waals surface area contributed by atoms with E-state index in [0.29, 0.717) is 0 Å². The fourth-order valence-corrected chi connectivity index (χ4v) is 5.57. The Balaban J connectivity index is 1.20. The smallest absolute Gasteiger partial charge is 0.123 e. The van der Waals surface area contributed by atoms with Gasteiger partial charge in [-0.3, -0.25) is 0 Å². The summed E-state index contributed by atoms with van der Waals surface area (Å²) in [5.74, 6) is 2.82. The highest BCUT2D eigenvalue weighted by Gasteiger charge is 2.11. The number of nitrogens with zero attached hydrogens (tertiary/aromatic N) is 2. The quantitative estimate of drug-likeness (QED) is 0.0558. The van der Waals surface area contributed by atoms with Crippen molar-refractivity contribution in [2.75, 3.05) is 19.8 Å². The lowest BCUT2D eigenvalue weighted by Crippen LogP contribution is -2.04. The van der Waals surface area contributed by atoms with Gasteiger partial charge >= 0.3 is 0 Å². The minimum atomic E-state index is 0.751. The zero-order valence-electron chi connectivity index (χ0n) is 25.7. The number of benzene rings is 3. The van der Waals surface area contributed by atoms with Crippen molar-refractivity contribution in [2.45, 2.75) is 94.6 Å². The van der Waals surface area contributed by atoms with Crippen LogP contribution in [0.4, 0.5) is 11.4 Å². The van der Waals surface area contributed by atoms with E-state index in [1.165, 1.54) is 57.8 Å². The van der Waals surface area contributed by atoms with Crippen molar-refractivity contribution in [3.05, 3.63) is 77.9 Å². The molecule has 3 aromatic rings. The molecule has 0 unspecified atom stereocenters. The normalized spacial score (nSPS) is 11.2. The minimum Gasteiger partial charge on any atom is -0.494 e. The molecule has 3 rings (SSSR count). The number of ether oxygens (including phenoxy) is 3. The molecule has 0 aliphatic heterocycles. The molecule has 0 atom stereocenters. The van der Waals surface area contributed by atoms with Gasteiger partial charge in [-0.2, -0.15) is 10.2 Å². The van der Waals surface area contributed by atoms with Gasteiger partial charge in [-0.15, -0.1) is 0 Å². The summed E-state index contributed by atoms with van der Waals surface area (Å²) >= 11 is 7.25. The van der Waals surface area contributed by atoms with E-state index in [0.717, 1.165) is 89.5 Å². The van der Waals surface area contributed by atoms with E-state index in [1.807, 2.05) is 54.6 Å². The van der Waals surface area contributed by atoms with E-state index < -0.39 is 0 Å². The highest BCUT2D eigenvalue weighted by atomic mass is 79.9. The van der Waals surface area contributed by atoms with Gasteiger partial charge in [-0.1, -0.05) is 115 Å². The summed E-state index contributed by atoms with van der Waals surface area (Å²) in [5, 5.41) is 10.1. The number of hydrogen-bond donors (Lipinski definition) is 0. The van der Waals surface area contributed by atoms with Crippen molar-refractivity contribution in [3.8, 4) is 17.2 Å². The Hall–Kier alpha value is -2.38. The average Bonchev–Trinajstić information content (AvgIpc) is 3.05. The number of alkyl halides is 2. The van der Waals surface area contributed by atoms with Crippen molar-refractivity contribution in [1.82, 2.24) is 0 Å². The zero-order valence-corrected chi connectivity index (χ0v) is 28.9. The maximum Gasteiger partial charge on any atom is 0.123 e. The number of azo groups is 1. The molecule has 0 aliphatic rings. The third-order valence-corrected chi connectivity index (χ3v) is 8.43. The molecule has 0 saturated heterocycles. The molecule has 0 bridgehead atoms. The molecule has 7 heteroatoms. The van der Waals surface area contributed by atoms with Crippen LogP contribution >= 0.6 is 31.9 Å². The van der Waals surface area contributed by atoms with Gasteiger partial charge in [-0.25, -0.2) is 0 Å². The van der Waals surface area contributed by atoms with E-state index in [4.69, 9.17) is 14.2 Å². The van der Waals surface area contributed by atoms with Gasteiger partial charge in [-0.05, 0) is 67.8 Å². The minimum absolute atomic E-state index is 0.751. The van der Waals surface area contributed by atoms with Crippen molar-refractivity contribution in [3.63, 3.8) is 0 Å². The summed E-state index contributed by atoms with van der Waals surface area (Å²) in [6, 6.07) is 21.8. The average molecular weight is 717 g/mol. The molecule has 0 aromatic heterocycles. The van der Waals surface area contributed by atoms with E-state index in [2.05, 4.69) is 61.1 Å². The monoisotopic (exact) mass is 714 g/mol. The lowest BCUT2D eigenvalue weighted by molar-refractivity contribution is 0.293. The maximum atomic E-state index is 6.20. The second-order valence-electron chi connectivity index (χ2n) is 10.8. The molecule has 0 heterocycles. The molecule has 5 nitrogen and oxygen atoms in total. The lowest BCUT2D eigenvalue weighted by Gasteiger charge is -2.16. The van der Waals surface area contributed by atoms with Gasteiger partial charge in [0.15, 0.2) is 0 Å². The molecule has 0 aliphatic carbocycles. The Morgan fingerprint density at radius 3 is 1.44 bits per heavy atom. The molecular formula is C36H48Br2N2O3. The third kappa shape index (κ3) is 14.3. The van der Waals surface area contributed by atoms with E-state index in [-0.39, 0.29) is 0 Å². The molecule has 0 fully saturated rings. The van der Waals surface area contributed by atoms with Crippen LogP contribution in [-0.2, 0) is 10.7 Å². The first-order chi connectivity index (χ1) is 21.2. The van der Waals surface area contributed by atoms with Crippen LogP contribution in [0.2, 0.25) is 0 Å². The number of unbranched alkanes of at least 4 members (excludes halogenated alkanes) is 10. The summed E-state index contributed by atoms with van der Waals surface area (Å²) in [7, 11) is 0. The van der Waals surface area contributed by atoms with E-state index in [9.17, 15) is 0 Å². The van der Waals surface area contributed by atoms with Crippen molar-refractivity contribution < 1.29 is 14.2 Å². The molecule has 0 spiro atoms. The molecule has 0 saturated carbocycles. The Labute approximate surface area is 276 Å². The van der Waals surface area contributed by atoms with Crippen LogP contribution in [0, 0.1) is 0 Å². The molecule has 234 valence electrons. The van der Waals surface area contributed by atoms with Crippen LogP contribution in [0.15, 0.2) is 77.0 Å². The molecule has 0 N–H and O–H groups in total. The van der Waals surface area contributed by atoms with Crippen LogP contribution in [0.5, 0.6) is 17.2 Å². The topological polar surface area (TPSA) is 52.4 Å². The van der Waals surface area contributed by atoms with Crippen LogP contribution in [-0.4, -0.2) is 19.8 Å². The van der Waals surface area contributed by atoms with Crippen molar-refractivity contribution in [2.24, 2.45) is 10.2 Å². The maximum absolute atomic E-state index is 6.20. The van der Waals surface area contributed by atoms with Gasteiger partial charge in [0.25, 0.3) is 0 Å². The third-order valence-electron chi connectivity index (χ3n) is 7.23. The summed E-state index contributed by atoms with van der Waals surface area (Å²) in [6.07, 6.45) is 14.5. The summed E-state index contributed by atoms with van der Waals surface area (Å²) in [4.78, 5) is 0. The standard InChI is InChI=1S/C36H48Br2N2O3/c1-2-3-4-14-24-42-35-26-31(29-38)36(27-30(35)28-37)43-25-16-10-8-6-5-7-9-15-23-41-34-21-19-33(20-22-34)40-39-32-17-12-11-13-18-32/h11-13,17-22,26-27H,2-10,14-16,23-25,28-29H2,1H3. The van der Waals surface area contributed by atoms with Crippen LogP contribution in [0.1, 0.15) is 95.1 Å². The second kappa shape index (κ2) is 22.2. The van der Waals surface area contributed by atoms with Crippen molar-refractivity contribution in [1.29, 1.82) is 0 Å². The predicted molar refractivity (Wildman–Crippen MR) is 186 cm³/mol. The summed E-state index contributed by atoms with van der Waals surface area (Å²) in [6.45, 7) is 4.51. The summed E-state index contributed by atoms with van der Waals surface area (Å²) < 4.78 is 18.2. The molecular weight excluding hydrogens is 668 g/mol.